The number of hydrogen-bond acceptors (Lipinski definition) is 3. The predicted octanol–water partition coefficient (Wildman–Crippen LogP) is 5.25. The number of ether oxygens (including phenoxy) is 1. The first-order chi connectivity index (χ1) is 15.7. The van der Waals surface area contributed by atoms with Crippen LogP contribution in [0.25, 0.3) is 0 Å². The van der Waals surface area contributed by atoms with E-state index in [0.717, 1.165) is 38.2 Å². The van der Waals surface area contributed by atoms with Gasteiger partial charge in [-0.2, -0.15) is 13.2 Å². The molecule has 2 aromatic rings. The molecule has 5 rings (SSSR count). The van der Waals surface area contributed by atoms with Crippen LogP contribution in [0.3, 0.4) is 0 Å². The van der Waals surface area contributed by atoms with E-state index in [1.807, 2.05) is 0 Å². The van der Waals surface area contributed by atoms with Gasteiger partial charge in [0.05, 0.1) is 17.5 Å². The molecule has 0 radical (unpaired) electrons. The van der Waals surface area contributed by atoms with Crippen LogP contribution in [0.2, 0.25) is 0 Å². The average molecular weight is 459 g/mol. The summed E-state index contributed by atoms with van der Waals surface area (Å²) in [6, 6.07) is 12.0. The van der Waals surface area contributed by atoms with Gasteiger partial charge < -0.3 is 9.64 Å². The van der Waals surface area contributed by atoms with E-state index in [4.69, 9.17) is 4.74 Å². The van der Waals surface area contributed by atoms with Crippen molar-refractivity contribution in [3.63, 3.8) is 0 Å². The summed E-state index contributed by atoms with van der Waals surface area (Å²) in [6.07, 6.45) is -2.56. The van der Waals surface area contributed by atoms with Crippen molar-refractivity contribution >= 4 is 5.91 Å². The fraction of sp³-hybridized carbons (Fsp3) is 0.500. The Morgan fingerprint density at radius 2 is 1.85 bits per heavy atom. The van der Waals surface area contributed by atoms with Crippen LogP contribution in [0.15, 0.2) is 42.5 Å². The molecule has 2 atom stereocenters. The molecule has 3 aliphatic heterocycles. The Balaban J connectivity index is 1.33. The minimum absolute atomic E-state index is 0.00275. The van der Waals surface area contributed by atoms with Gasteiger partial charge in [-0.3, -0.25) is 9.69 Å². The first kappa shape index (κ1) is 22.3. The highest BCUT2D eigenvalue weighted by molar-refractivity contribution is 5.86. The molecular formula is C26H29F3N2O2. The van der Waals surface area contributed by atoms with Crippen LogP contribution in [0.1, 0.15) is 48.9 Å². The predicted molar refractivity (Wildman–Crippen MR) is 118 cm³/mol. The second kappa shape index (κ2) is 8.05. The van der Waals surface area contributed by atoms with E-state index in [-0.39, 0.29) is 18.4 Å². The van der Waals surface area contributed by atoms with Gasteiger partial charge in [0.25, 0.3) is 0 Å². The zero-order valence-corrected chi connectivity index (χ0v) is 19.0. The largest absolute Gasteiger partial charge is 0.470 e. The van der Waals surface area contributed by atoms with Crippen LogP contribution in [0.5, 0.6) is 5.75 Å². The zero-order valence-electron chi connectivity index (χ0n) is 19.0. The second-order valence-corrected chi connectivity index (χ2v) is 9.89. The standard InChI is InChI=1S/C26H29F3N2O2/c1-17(2)25(10-12-30-11-9-18-5-3-4-6-19(18)15-30)14-23-31(24(25)32)16-20-13-21(26(27,28)29)7-8-22(20)33-23/h3-8,13,17,23H,9-12,14-16H2,1-2H3/t23-,25?/m0/s1. The van der Waals surface area contributed by atoms with Gasteiger partial charge in [0.15, 0.2) is 6.23 Å². The van der Waals surface area contributed by atoms with Crippen molar-refractivity contribution in [2.75, 3.05) is 13.1 Å². The Kier molecular flexibility index (Phi) is 5.43. The molecule has 0 aliphatic carbocycles. The molecular weight excluding hydrogens is 429 g/mol. The molecule has 1 fully saturated rings. The van der Waals surface area contributed by atoms with Crippen LogP contribution >= 0.6 is 0 Å². The molecule has 1 unspecified atom stereocenters. The maximum absolute atomic E-state index is 13.7. The minimum Gasteiger partial charge on any atom is -0.470 e. The quantitative estimate of drug-likeness (QED) is 0.628. The van der Waals surface area contributed by atoms with Gasteiger partial charge in [-0.15, -0.1) is 0 Å². The summed E-state index contributed by atoms with van der Waals surface area (Å²) < 4.78 is 45.6. The number of carbonyl (C=O) groups is 1. The van der Waals surface area contributed by atoms with Crippen molar-refractivity contribution in [1.29, 1.82) is 0 Å². The molecule has 1 amide bonds. The lowest BCUT2D eigenvalue weighted by molar-refractivity contribution is -0.142. The molecule has 7 heteroatoms. The molecule has 1 saturated heterocycles. The lowest BCUT2D eigenvalue weighted by atomic mass is 9.72. The van der Waals surface area contributed by atoms with Crippen molar-refractivity contribution in [2.24, 2.45) is 11.3 Å². The Hall–Kier alpha value is -2.54. The Morgan fingerprint density at radius 1 is 1.09 bits per heavy atom. The molecule has 0 N–H and O–H groups in total. The lowest BCUT2D eigenvalue weighted by Gasteiger charge is -2.35. The Labute approximate surface area is 192 Å². The highest BCUT2D eigenvalue weighted by Crippen LogP contribution is 2.49. The Bertz CT molecular complexity index is 1070. The van der Waals surface area contributed by atoms with E-state index >= 15 is 0 Å². The van der Waals surface area contributed by atoms with Crippen molar-refractivity contribution in [1.82, 2.24) is 9.80 Å². The minimum atomic E-state index is -4.42. The van der Waals surface area contributed by atoms with Crippen molar-refractivity contribution in [2.45, 2.75) is 58.6 Å². The summed E-state index contributed by atoms with van der Waals surface area (Å²) in [6.45, 7) is 6.95. The van der Waals surface area contributed by atoms with Crippen LogP contribution < -0.4 is 4.74 Å². The van der Waals surface area contributed by atoms with Gasteiger partial charge in [-0.05, 0) is 54.6 Å². The van der Waals surface area contributed by atoms with Crippen LogP contribution in [-0.4, -0.2) is 35.0 Å². The maximum Gasteiger partial charge on any atom is 0.416 e. The number of fused-ring (bicyclic) bond motifs is 3. The fourth-order valence-electron chi connectivity index (χ4n) is 5.61. The van der Waals surface area contributed by atoms with E-state index in [0.29, 0.717) is 24.2 Å². The maximum atomic E-state index is 13.7. The van der Waals surface area contributed by atoms with E-state index < -0.39 is 23.4 Å². The van der Waals surface area contributed by atoms with Crippen molar-refractivity contribution < 1.29 is 22.7 Å². The van der Waals surface area contributed by atoms with Crippen molar-refractivity contribution in [3.8, 4) is 5.75 Å². The third kappa shape index (κ3) is 3.90. The van der Waals surface area contributed by atoms with E-state index in [1.54, 1.807) is 4.90 Å². The normalized spacial score (nSPS) is 25.0. The number of rotatable bonds is 4. The van der Waals surface area contributed by atoms with Gasteiger partial charge in [0, 0.05) is 25.1 Å². The van der Waals surface area contributed by atoms with Gasteiger partial charge in [0.2, 0.25) is 5.91 Å². The number of carbonyl (C=O) groups excluding carboxylic acids is 1. The molecule has 3 heterocycles. The SMILES string of the molecule is CC(C)C1(CCN2CCc3ccccc3C2)C[C@@H]2Oc3ccc(C(F)(F)F)cc3CN2C1=O. The van der Waals surface area contributed by atoms with Crippen LogP contribution in [0, 0.1) is 11.3 Å². The number of hydrogen-bond donors (Lipinski definition) is 0. The topological polar surface area (TPSA) is 32.8 Å². The molecule has 0 bridgehead atoms. The highest BCUT2D eigenvalue weighted by atomic mass is 19.4. The molecule has 176 valence electrons. The van der Waals surface area contributed by atoms with Crippen molar-refractivity contribution in [3.05, 3.63) is 64.7 Å². The third-order valence-corrected chi connectivity index (χ3v) is 7.75. The number of benzene rings is 2. The molecule has 4 nitrogen and oxygen atoms in total. The summed E-state index contributed by atoms with van der Waals surface area (Å²) in [5, 5.41) is 0. The molecule has 0 spiro atoms. The monoisotopic (exact) mass is 458 g/mol. The van der Waals surface area contributed by atoms with E-state index in [2.05, 4.69) is 43.0 Å². The smallest absolute Gasteiger partial charge is 0.416 e. The summed E-state index contributed by atoms with van der Waals surface area (Å²) in [4.78, 5) is 17.7. The molecule has 3 aliphatic rings. The third-order valence-electron chi connectivity index (χ3n) is 7.75. The van der Waals surface area contributed by atoms with Gasteiger partial charge in [-0.1, -0.05) is 38.1 Å². The first-order valence-electron chi connectivity index (χ1n) is 11.6. The fourth-order valence-corrected chi connectivity index (χ4v) is 5.61. The van der Waals surface area contributed by atoms with Crippen LogP contribution in [0.4, 0.5) is 13.2 Å². The summed E-state index contributed by atoms with van der Waals surface area (Å²) in [5.41, 5.74) is 1.87. The number of amides is 1. The molecule has 2 aromatic carbocycles. The summed E-state index contributed by atoms with van der Waals surface area (Å²) in [7, 11) is 0. The number of halogens is 3. The molecule has 0 aromatic heterocycles. The highest BCUT2D eigenvalue weighted by Gasteiger charge is 2.55. The number of alkyl halides is 3. The van der Waals surface area contributed by atoms with Crippen LogP contribution in [-0.2, 0) is 30.5 Å². The first-order valence-corrected chi connectivity index (χ1v) is 11.6. The van der Waals surface area contributed by atoms with E-state index in [9.17, 15) is 18.0 Å². The molecule has 33 heavy (non-hydrogen) atoms. The second-order valence-electron chi connectivity index (χ2n) is 9.89. The molecule has 0 saturated carbocycles. The van der Waals surface area contributed by atoms with Gasteiger partial charge in [-0.25, -0.2) is 0 Å². The number of nitrogens with zero attached hydrogens (tertiary/aromatic N) is 2. The zero-order chi connectivity index (χ0) is 23.4. The lowest BCUT2D eigenvalue weighted by Crippen LogP contribution is -2.43. The van der Waals surface area contributed by atoms with E-state index in [1.165, 1.54) is 17.2 Å². The summed E-state index contributed by atoms with van der Waals surface area (Å²) >= 11 is 0. The van der Waals surface area contributed by atoms with Gasteiger partial charge in [0.1, 0.15) is 5.75 Å². The van der Waals surface area contributed by atoms with Gasteiger partial charge >= 0.3 is 6.18 Å². The Morgan fingerprint density at radius 3 is 2.58 bits per heavy atom. The summed E-state index contributed by atoms with van der Waals surface area (Å²) in [5.74, 6) is 0.553. The average Bonchev–Trinajstić information content (AvgIpc) is 3.07.